The first kappa shape index (κ1) is 20.5. The van der Waals surface area contributed by atoms with Crippen molar-refractivity contribution in [3.63, 3.8) is 0 Å². The number of hydrogen-bond donors (Lipinski definition) is 1. The van der Waals surface area contributed by atoms with Crippen molar-refractivity contribution in [2.75, 3.05) is 6.54 Å². The highest BCUT2D eigenvalue weighted by molar-refractivity contribution is 6.30. The minimum Gasteiger partial charge on any atom is -0.482 e. The molecule has 2 aromatic rings. The van der Waals surface area contributed by atoms with Crippen LogP contribution in [0.1, 0.15) is 36.8 Å². The molecule has 0 bridgehead atoms. The van der Waals surface area contributed by atoms with E-state index in [1.165, 1.54) is 0 Å². The number of nitrogens with zero attached hydrogens (tertiary/aromatic N) is 1. The van der Waals surface area contributed by atoms with Gasteiger partial charge in [-0.05, 0) is 48.6 Å². The quantitative estimate of drug-likeness (QED) is 0.733. The zero-order valence-electron chi connectivity index (χ0n) is 16.7. The molecule has 4 rings (SSSR count). The molecule has 5 nitrogen and oxygen atoms in total. The molecule has 2 unspecified atom stereocenters. The number of fused-ring (bicyclic) bond motifs is 1. The number of hydrogen-bond acceptors (Lipinski definition) is 3. The summed E-state index contributed by atoms with van der Waals surface area (Å²) in [7, 11) is 0. The topological polar surface area (TPSA) is 58.6 Å². The van der Waals surface area contributed by atoms with Gasteiger partial charge in [-0.2, -0.15) is 0 Å². The number of morpholine rings is 1. The maximum absolute atomic E-state index is 13.2. The molecule has 0 aromatic heterocycles. The second-order valence-electron chi connectivity index (χ2n) is 7.77. The van der Waals surface area contributed by atoms with E-state index in [0.717, 1.165) is 36.8 Å². The lowest BCUT2D eigenvalue weighted by Crippen LogP contribution is -2.57. The molecule has 2 amide bonds. The summed E-state index contributed by atoms with van der Waals surface area (Å²) in [4.78, 5) is 27.5. The van der Waals surface area contributed by atoms with E-state index < -0.39 is 0 Å². The van der Waals surface area contributed by atoms with Crippen molar-refractivity contribution >= 4 is 29.5 Å². The van der Waals surface area contributed by atoms with Crippen LogP contribution in [0.25, 0.3) is 6.08 Å². The molecule has 2 aliphatic rings. The zero-order chi connectivity index (χ0) is 20.9. The molecule has 2 atom stereocenters. The van der Waals surface area contributed by atoms with Gasteiger partial charge in [0.15, 0.2) is 5.76 Å². The van der Waals surface area contributed by atoms with Gasteiger partial charge < -0.3 is 15.0 Å². The lowest BCUT2D eigenvalue weighted by molar-refractivity contribution is -0.151. The summed E-state index contributed by atoms with van der Waals surface area (Å²) < 4.78 is 6.08. The number of carbonyl (C=O) groups excluding carboxylic acids is 2. The molecule has 1 heterocycles. The van der Waals surface area contributed by atoms with E-state index in [0.29, 0.717) is 11.6 Å². The van der Waals surface area contributed by atoms with Crippen LogP contribution in [0.3, 0.4) is 0 Å². The Morgan fingerprint density at radius 1 is 1.13 bits per heavy atom. The Morgan fingerprint density at radius 2 is 1.93 bits per heavy atom. The SMILES string of the molecule is O=C(CN1C(=O)/C(=C\c2cccc(Cl)c2)OC2CCCCC21)NCc1ccccc1. The molecule has 1 aliphatic carbocycles. The van der Waals surface area contributed by atoms with Crippen LogP contribution < -0.4 is 5.32 Å². The minimum absolute atomic E-state index is 0.0308. The highest BCUT2D eigenvalue weighted by Gasteiger charge is 2.42. The van der Waals surface area contributed by atoms with E-state index in [2.05, 4.69) is 5.32 Å². The maximum Gasteiger partial charge on any atom is 0.289 e. The average molecular weight is 425 g/mol. The molecule has 1 N–H and O–H groups in total. The third-order valence-corrected chi connectivity index (χ3v) is 5.85. The Hall–Kier alpha value is -2.79. The third-order valence-electron chi connectivity index (χ3n) is 5.61. The maximum atomic E-state index is 13.2. The molecule has 156 valence electrons. The first-order valence-corrected chi connectivity index (χ1v) is 10.7. The molecule has 0 spiro atoms. The van der Waals surface area contributed by atoms with Gasteiger partial charge in [0, 0.05) is 11.6 Å². The van der Waals surface area contributed by atoms with E-state index in [4.69, 9.17) is 16.3 Å². The average Bonchev–Trinajstić information content (AvgIpc) is 2.76. The summed E-state index contributed by atoms with van der Waals surface area (Å²) in [6, 6.07) is 17.0. The summed E-state index contributed by atoms with van der Waals surface area (Å²) in [6.07, 6.45) is 5.47. The van der Waals surface area contributed by atoms with Gasteiger partial charge in [0.05, 0.1) is 6.04 Å². The molecule has 6 heteroatoms. The van der Waals surface area contributed by atoms with Crippen molar-refractivity contribution in [3.05, 3.63) is 76.5 Å². The molecule has 0 radical (unpaired) electrons. The molecular formula is C24H25ClN2O3. The van der Waals surface area contributed by atoms with Crippen molar-refractivity contribution in [2.45, 2.75) is 44.4 Å². The van der Waals surface area contributed by atoms with Gasteiger partial charge in [0.2, 0.25) is 5.91 Å². The first-order chi connectivity index (χ1) is 14.6. The standard InChI is InChI=1S/C24H25ClN2O3/c25-19-10-6-9-18(13-19)14-22-24(29)27(20-11-4-5-12-21(20)30-22)16-23(28)26-15-17-7-2-1-3-8-17/h1-3,6-10,13-14,20-21H,4-5,11-12,15-16H2,(H,26,28)/b22-14+. The van der Waals surface area contributed by atoms with Crippen molar-refractivity contribution in [2.24, 2.45) is 0 Å². The third kappa shape index (κ3) is 4.85. The normalized spacial score (nSPS) is 22.4. The number of benzene rings is 2. The Labute approximate surface area is 181 Å². The van der Waals surface area contributed by atoms with E-state index in [1.54, 1.807) is 23.1 Å². The number of ether oxygens (including phenoxy) is 1. The predicted octanol–water partition coefficient (Wildman–Crippen LogP) is 4.17. The fourth-order valence-corrected chi connectivity index (χ4v) is 4.32. The van der Waals surface area contributed by atoms with E-state index in [9.17, 15) is 9.59 Å². The molecule has 1 saturated carbocycles. The smallest absolute Gasteiger partial charge is 0.289 e. The number of rotatable bonds is 5. The van der Waals surface area contributed by atoms with Gasteiger partial charge in [-0.3, -0.25) is 9.59 Å². The summed E-state index contributed by atoms with van der Waals surface area (Å²) >= 11 is 6.07. The van der Waals surface area contributed by atoms with Crippen LogP contribution in [0.15, 0.2) is 60.4 Å². The number of halogens is 1. The summed E-state index contributed by atoms with van der Waals surface area (Å²) in [5, 5.41) is 3.52. The van der Waals surface area contributed by atoms with Crippen LogP contribution in [0.4, 0.5) is 0 Å². The monoisotopic (exact) mass is 424 g/mol. The fraction of sp³-hybridized carbons (Fsp3) is 0.333. The van der Waals surface area contributed by atoms with Crippen LogP contribution in [0, 0.1) is 0 Å². The second-order valence-corrected chi connectivity index (χ2v) is 8.20. The van der Waals surface area contributed by atoms with Crippen LogP contribution in [-0.2, 0) is 20.9 Å². The molecule has 1 saturated heterocycles. The van der Waals surface area contributed by atoms with Crippen molar-refractivity contribution < 1.29 is 14.3 Å². The summed E-state index contributed by atoms with van der Waals surface area (Å²) in [5.41, 5.74) is 1.82. The predicted molar refractivity (Wildman–Crippen MR) is 117 cm³/mol. The van der Waals surface area contributed by atoms with Gasteiger partial charge in [0.1, 0.15) is 12.6 Å². The Kier molecular flexibility index (Phi) is 6.38. The molecule has 2 aromatic carbocycles. The highest BCUT2D eigenvalue weighted by Crippen LogP contribution is 2.33. The molecule has 1 aliphatic heterocycles. The van der Waals surface area contributed by atoms with Gasteiger partial charge in [0.25, 0.3) is 5.91 Å². The number of carbonyl (C=O) groups is 2. The molecule has 30 heavy (non-hydrogen) atoms. The Bertz CT molecular complexity index is 944. The van der Waals surface area contributed by atoms with Crippen LogP contribution in [0.2, 0.25) is 5.02 Å². The van der Waals surface area contributed by atoms with Gasteiger partial charge in [-0.25, -0.2) is 0 Å². The zero-order valence-corrected chi connectivity index (χ0v) is 17.5. The lowest BCUT2D eigenvalue weighted by Gasteiger charge is -2.44. The second kappa shape index (κ2) is 9.35. The van der Waals surface area contributed by atoms with Crippen molar-refractivity contribution in [3.8, 4) is 0 Å². The first-order valence-electron chi connectivity index (χ1n) is 10.4. The lowest BCUT2D eigenvalue weighted by atomic mass is 9.89. The van der Waals surface area contributed by atoms with E-state index >= 15 is 0 Å². The Balaban J connectivity index is 1.50. The summed E-state index contributed by atoms with van der Waals surface area (Å²) in [5.74, 6) is -0.134. The van der Waals surface area contributed by atoms with Gasteiger partial charge >= 0.3 is 0 Å². The minimum atomic E-state index is -0.243. The highest BCUT2D eigenvalue weighted by atomic mass is 35.5. The van der Waals surface area contributed by atoms with Crippen molar-refractivity contribution in [1.82, 2.24) is 10.2 Å². The largest absolute Gasteiger partial charge is 0.482 e. The fourth-order valence-electron chi connectivity index (χ4n) is 4.12. The van der Waals surface area contributed by atoms with Gasteiger partial charge in [-0.1, -0.05) is 60.5 Å². The number of nitrogens with one attached hydrogen (secondary N) is 1. The van der Waals surface area contributed by atoms with E-state index in [1.807, 2.05) is 42.5 Å². The number of amides is 2. The van der Waals surface area contributed by atoms with Crippen LogP contribution >= 0.6 is 11.6 Å². The summed E-state index contributed by atoms with van der Waals surface area (Å²) in [6.45, 7) is 0.473. The molecule has 2 fully saturated rings. The van der Waals surface area contributed by atoms with Gasteiger partial charge in [-0.15, -0.1) is 0 Å². The van der Waals surface area contributed by atoms with Crippen LogP contribution in [-0.4, -0.2) is 35.4 Å². The Morgan fingerprint density at radius 3 is 2.73 bits per heavy atom. The van der Waals surface area contributed by atoms with Crippen molar-refractivity contribution in [1.29, 1.82) is 0 Å². The van der Waals surface area contributed by atoms with E-state index in [-0.39, 0.29) is 36.3 Å². The van der Waals surface area contributed by atoms with Crippen LogP contribution in [0.5, 0.6) is 0 Å². The molecular weight excluding hydrogens is 400 g/mol.